The molecule has 1 aromatic carbocycles. The second-order valence-electron chi connectivity index (χ2n) is 7.37. The summed E-state index contributed by atoms with van der Waals surface area (Å²) in [5.74, 6) is 1.63. The van der Waals surface area contributed by atoms with Crippen molar-refractivity contribution in [1.29, 1.82) is 0 Å². The Balaban J connectivity index is 1.96. The number of hydrogen-bond acceptors (Lipinski definition) is 3. The summed E-state index contributed by atoms with van der Waals surface area (Å²) in [6, 6.07) is 4.92. The van der Waals surface area contributed by atoms with Gasteiger partial charge < -0.3 is 4.57 Å². The number of benzene rings is 1. The summed E-state index contributed by atoms with van der Waals surface area (Å²) in [6.45, 7) is 2.72. The molecule has 6 nitrogen and oxygen atoms in total. The normalized spacial score (nSPS) is 14.1. The molecule has 8 heteroatoms. The minimum absolute atomic E-state index is 0.330. The zero-order chi connectivity index (χ0) is 20.0. The molecule has 0 N–H and O–H groups in total. The van der Waals surface area contributed by atoms with Crippen molar-refractivity contribution in [3.05, 3.63) is 54.9 Å². The lowest BCUT2D eigenvalue weighted by Crippen LogP contribution is -2.38. The van der Waals surface area contributed by atoms with Gasteiger partial charge in [-0.15, -0.1) is 0 Å². The van der Waals surface area contributed by atoms with Crippen molar-refractivity contribution in [1.82, 2.24) is 18.7 Å². The molecule has 0 saturated heterocycles. The fraction of sp³-hybridized carbons (Fsp3) is 0.450. The Morgan fingerprint density at radius 2 is 1.96 bits per heavy atom. The highest BCUT2D eigenvalue weighted by Crippen LogP contribution is 2.34. The molecular formula is C20H22Cl2N4O2. The molecule has 2 heterocycles. The fourth-order valence-electron chi connectivity index (χ4n) is 3.67. The highest BCUT2D eigenvalue weighted by Gasteiger charge is 2.23. The van der Waals surface area contributed by atoms with Crippen molar-refractivity contribution in [2.24, 2.45) is 13.0 Å². The van der Waals surface area contributed by atoms with E-state index in [1.54, 1.807) is 18.2 Å². The van der Waals surface area contributed by atoms with Gasteiger partial charge in [-0.3, -0.25) is 9.36 Å². The highest BCUT2D eigenvalue weighted by atomic mass is 35.5. The number of fused-ring (bicyclic) bond motifs is 1. The number of nitrogens with zero attached hydrogens (tertiary/aromatic N) is 4. The largest absolute Gasteiger partial charge is 0.337 e. The lowest BCUT2D eigenvalue weighted by atomic mass is 10.2. The van der Waals surface area contributed by atoms with E-state index < -0.39 is 5.69 Å². The number of halogens is 2. The summed E-state index contributed by atoms with van der Waals surface area (Å²) in [6.07, 6.45) is 5.44. The molecule has 1 aliphatic carbocycles. The molecule has 2 aromatic heterocycles. The molecule has 1 saturated carbocycles. The van der Waals surface area contributed by atoms with E-state index in [1.165, 1.54) is 24.5 Å². The van der Waals surface area contributed by atoms with Crippen molar-refractivity contribution in [2.75, 3.05) is 0 Å². The van der Waals surface area contributed by atoms with Gasteiger partial charge in [-0.25, -0.2) is 14.3 Å². The summed E-state index contributed by atoms with van der Waals surface area (Å²) in [5.41, 5.74) is 0.440. The molecule has 0 atom stereocenters. The quantitative estimate of drug-likeness (QED) is 0.606. The van der Waals surface area contributed by atoms with Crippen LogP contribution in [0.1, 0.15) is 38.4 Å². The van der Waals surface area contributed by atoms with E-state index in [9.17, 15) is 9.59 Å². The fourth-order valence-corrected chi connectivity index (χ4v) is 4.17. The Morgan fingerprint density at radius 1 is 1.21 bits per heavy atom. The number of imidazole rings is 1. The van der Waals surface area contributed by atoms with Crippen LogP contribution in [0.4, 0.5) is 0 Å². The van der Waals surface area contributed by atoms with Gasteiger partial charge in [0.25, 0.3) is 5.56 Å². The zero-order valence-electron chi connectivity index (χ0n) is 15.9. The Hall–Kier alpha value is -2.05. The monoisotopic (exact) mass is 420 g/mol. The standard InChI is InChI=1S/C20H22Cl2N4O2/c1-3-16-23-18-17(25(16)10-4-5-12-6-7-12)19(27)24(2)20(28)26(18)15-9-8-13(21)11-14(15)22/h8-9,11-12H,3-7,10H2,1-2H3. The molecular weight excluding hydrogens is 399 g/mol. The smallest absolute Gasteiger partial charge is 0.322 e. The minimum Gasteiger partial charge on any atom is -0.322 e. The van der Waals surface area contributed by atoms with Crippen molar-refractivity contribution >= 4 is 34.4 Å². The average Bonchev–Trinajstić information content (AvgIpc) is 3.41. The van der Waals surface area contributed by atoms with Crippen LogP contribution in [0.25, 0.3) is 16.9 Å². The number of hydrogen-bond donors (Lipinski definition) is 0. The Kier molecular flexibility index (Phi) is 5.10. The van der Waals surface area contributed by atoms with Gasteiger partial charge in [-0.1, -0.05) is 43.0 Å². The molecule has 3 aromatic rings. The number of rotatable bonds is 6. The first kappa shape index (κ1) is 19.3. The summed E-state index contributed by atoms with van der Waals surface area (Å²) < 4.78 is 4.50. The van der Waals surface area contributed by atoms with Gasteiger partial charge in [-0.2, -0.15) is 0 Å². The summed E-state index contributed by atoms with van der Waals surface area (Å²) in [7, 11) is 1.48. The van der Waals surface area contributed by atoms with Crippen molar-refractivity contribution in [3.8, 4) is 5.69 Å². The topological polar surface area (TPSA) is 61.8 Å². The number of aryl methyl sites for hydroxylation is 2. The molecule has 28 heavy (non-hydrogen) atoms. The number of aromatic nitrogens is 4. The van der Waals surface area contributed by atoms with E-state index in [0.717, 1.165) is 35.7 Å². The molecule has 0 aliphatic heterocycles. The van der Waals surface area contributed by atoms with Gasteiger partial charge in [0.15, 0.2) is 11.2 Å². The van der Waals surface area contributed by atoms with Gasteiger partial charge in [0, 0.05) is 25.0 Å². The molecule has 0 bridgehead atoms. The van der Waals surface area contributed by atoms with Gasteiger partial charge in [0.05, 0.1) is 10.7 Å². The van der Waals surface area contributed by atoms with Crippen molar-refractivity contribution < 1.29 is 0 Å². The lowest BCUT2D eigenvalue weighted by Gasteiger charge is -2.12. The van der Waals surface area contributed by atoms with Crippen LogP contribution in [-0.4, -0.2) is 18.7 Å². The molecule has 0 spiro atoms. The second-order valence-corrected chi connectivity index (χ2v) is 8.21. The third-order valence-electron chi connectivity index (χ3n) is 5.38. The Labute approximate surface area is 172 Å². The van der Waals surface area contributed by atoms with Crippen LogP contribution in [0.5, 0.6) is 0 Å². The van der Waals surface area contributed by atoms with E-state index in [2.05, 4.69) is 4.98 Å². The van der Waals surface area contributed by atoms with E-state index >= 15 is 0 Å². The van der Waals surface area contributed by atoms with Gasteiger partial charge >= 0.3 is 5.69 Å². The second kappa shape index (κ2) is 7.41. The van der Waals surface area contributed by atoms with E-state index in [4.69, 9.17) is 23.2 Å². The maximum Gasteiger partial charge on any atom is 0.337 e. The Morgan fingerprint density at radius 3 is 2.61 bits per heavy atom. The average molecular weight is 421 g/mol. The molecule has 0 unspecified atom stereocenters. The lowest BCUT2D eigenvalue weighted by molar-refractivity contribution is 0.569. The predicted molar refractivity (Wildman–Crippen MR) is 112 cm³/mol. The van der Waals surface area contributed by atoms with Gasteiger partial charge in [0.1, 0.15) is 5.82 Å². The van der Waals surface area contributed by atoms with Crippen molar-refractivity contribution in [2.45, 2.75) is 45.6 Å². The van der Waals surface area contributed by atoms with Crippen LogP contribution in [0.15, 0.2) is 27.8 Å². The van der Waals surface area contributed by atoms with E-state index in [-0.39, 0.29) is 5.56 Å². The third kappa shape index (κ3) is 3.29. The first-order valence-electron chi connectivity index (χ1n) is 9.59. The van der Waals surface area contributed by atoms with Gasteiger partial charge in [-0.05, 0) is 37.0 Å². The minimum atomic E-state index is -0.480. The molecule has 0 radical (unpaired) electrons. The predicted octanol–water partition coefficient (Wildman–Crippen LogP) is 3.95. The molecule has 1 fully saturated rings. The third-order valence-corrected chi connectivity index (χ3v) is 5.92. The van der Waals surface area contributed by atoms with Crippen LogP contribution in [0, 0.1) is 5.92 Å². The summed E-state index contributed by atoms with van der Waals surface area (Å²) in [5, 5.41) is 0.804. The zero-order valence-corrected chi connectivity index (χ0v) is 17.4. The van der Waals surface area contributed by atoms with Gasteiger partial charge in [0.2, 0.25) is 0 Å². The molecule has 4 rings (SSSR count). The highest BCUT2D eigenvalue weighted by molar-refractivity contribution is 6.35. The maximum atomic E-state index is 13.0. The van der Waals surface area contributed by atoms with Crippen LogP contribution in [0.3, 0.4) is 0 Å². The van der Waals surface area contributed by atoms with Crippen LogP contribution >= 0.6 is 23.2 Å². The first-order chi connectivity index (χ1) is 13.4. The van der Waals surface area contributed by atoms with Crippen molar-refractivity contribution in [3.63, 3.8) is 0 Å². The van der Waals surface area contributed by atoms with Crippen LogP contribution in [-0.2, 0) is 20.0 Å². The molecule has 0 amide bonds. The maximum absolute atomic E-state index is 13.0. The van der Waals surface area contributed by atoms with Crippen LogP contribution < -0.4 is 11.2 Å². The first-order valence-corrected chi connectivity index (χ1v) is 10.3. The van der Waals surface area contributed by atoms with E-state index in [0.29, 0.717) is 33.3 Å². The van der Waals surface area contributed by atoms with Crippen LogP contribution in [0.2, 0.25) is 10.0 Å². The SMILES string of the molecule is CCc1nc2c(c(=O)n(C)c(=O)n2-c2ccc(Cl)cc2Cl)n1CCCC1CC1. The summed E-state index contributed by atoms with van der Waals surface area (Å²) in [4.78, 5) is 30.6. The molecule has 148 valence electrons. The summed E-state index contributed by atoms with van der Waals surface area (Å²) >= 11 is 12.4. The molecule has 1 aliphatic rings. The Bertz CT molecular complexity index is 1170. The van der Waals surface area contributed by atoms with E-state index in [1.807, 2.05) is 11.5 Å².